The van der Waals surface area contributed by atoms with Gasteiger partial charge in [0.05, 0.1) is 7.11 Å². The van der Waals surface area contributed by atoms with Gasteiger partial charge in [-0.15, -0.1) is 0 Å². The van der Waals surface area contributed by atoms with Crippen molar-refractivity contribution in [2.45, 2.75) is 12.8 Å². The maximum Gasteiger partial charge on any atom is 0.336 e. The fraction of sp³-hybridized carbons (Fsp3) is 0.150. The largest absolute Gasteiger partial charge is 0.497 e. The van der Waals surface area contributed by atoms with Crippen LogP contribution in [-0.2, 0) is 0 Å². The van der Waals surface area contributed by atoms with E-state index in [-0.39, 0.29) is 0 Å². The lowest BCUT2D eigenvalue weighted by Gasteiger charge is -2.08. The van der Waals surface area contributed by atoms with Crippen molar-refractivity contribution in [3.8, 4) is 17.1 Å². The van der Waals surface area contributed by atoms with Crippen molar-refractivity contribution in [3.05, 3.63) is 69.8 Å². The number of methoxy groups -OCH3 is 1. The summed E-state index contributed by atoms with van der Waals surface area (Å²) in [5.74, 6) is 2.04. The molecular weight excluding hydrogens is 340 g/mol. The maximum atomic E-state index is 11.9. The van der Waals surface area contributed by atoms with Gasteiger partial charge in [0.25, 0.3) is 0 Å². The molecule has 0 aliphatic heterocycles. The minimum atomic E-state index is -0.430. The van der Waals surface area contributed by atoms with Gasteiger partial charge >= 0.3 is 5.63 Å². The van der Waals surface area contributed by atoms with Gasteiger partial charge in [0.15, 0.2) is 0 Å². The van der Waals surface area contributed by atoms with Crippen LogP contribution in [0.15, 0.2) is 67.2 Å². The third-order valence-electron chi connectivity index (χ3n) is 4.24. The highest BCUT2D eigenvalue weighted by molar-refractivity contribution is 6.29. The molecule has 0 fully saturated rings. The number of rotatable bonds is 3. The van der Waals surface area contributed by atoms with Crippen molar-refractivity contribution >= 4 is 28.1 Å². The molecule has 4 nitrogen and oxygen atoms in total. The van der Waals surface area contributed by atoms with Gasteiger partial charge in [-0.05, 0) is 48.8 Å². The Bertz CT molecular complexity index is 1070. The Hall–Kier alpha value is -2.72. The molecule has 0 atom stereocenters. The SMILES string of the molecule is COc1ccc2c(-c3ccc(C4=CC=C(Cl)CC4)o3)cc(=O)oc2c1. The number of fused-ring (bicyclic) bond motifs is 1. The lowest BCUT2D eigenvalue weighted by Crippen LogP contribution is -1.98. The summed E-state index contributed by atoms with van der Waals surface area (Å²) in [6.45, 7) is 0. The van der Waals surface area contributed by atoms with Gasteiger partial charge in [0.1, 0.15) is 22.9 Å². The van der Waals surface area contributed by atoms with E-state index < -0.39 is 5.63 Å². The number of hydrogen-bond donors (Lipinski definition) is 0. The first-order valence-corrected chi connectivity index (χ1v) is 8.29. The highest BCUT2D eigenvalue weighted by atomic mass is 35.5. The molecule has 0 spiro atoms. The summed E-state index contributed by atoms with van der Waals surface area (Å²) in [5, 5.41) is 1.64. The summed E-state index contributed by atoms with van der Waals surface area (Å²) in [4.78, 5) is 11.9. The number of benzene rings is 1. The number of halogens is 1. The summed E-state index contributed by atoms with van der Waals surface area (Å²) in [6.07, 6.45) is 5.50. The predicted molar refractivity (Wildman–Crippen MR) is 97.9 cm³/mol. The Kier molecular flexibility index (Phi) is 3.98. The highest BCUT2D eigenvalue weighted by Crippen LogP contribution is 2.34. The minimum Gasteiger partial charge on any atom is -0.497 e. The maximum absolute atomic E-state index is 11.9. The Morgan fingerprint density at radius 3 is 2.60 bits per heavy atom. The van der Waals surface area contributed by atoms with E-state index in [9.17, 15) is 4.79 Å². The zero-order chi connectivity index (χ0) is 17.4. The second kappa shape index (κ2) is 6.30. The van der Waals surface area contributed by atoms with Crippen molar-refractivity contribution in [2.75, 3.05) is 7.11 Å². The molecule has 4 rings (SSSR count). The number of ether oxygens (including phenoxy) is 1. The average Bonchev–Trinajstić information content (AvgIpc) is 3.11. The second-order valence-corrected chi connectivity index (χ2v) is 6.30. The molecule has 0 unspecified atom stereocenters. The van der Waals surface area contributed by atoms with Crippen LogP contribution in [0, 0.1) is 0 Å². The molecule has 0 radical (unpaired) electrons. The molecule has 0 saturated heterocycles. The molecule has 2 aromatic heterocycles. The predicted octanol–water partition coefficient (Wildman–Crippen LogP) is 5.36. The molecular formula is C20H15ClO4. The molecule has 5 heteroatoms. The first-order valence-electron chi connectivity index (χ1n) is 7.92. The normalized spacial score (nSPS) is 14.3. The van der Waals surface area contributed by atoms with Crippen molar-refractivity contribution in [3.63, 3.8) is 0 Å². The molecule has 0 N–H and O–H groups in total. The van der Waals surface area contributed by atoms with E-state index in [1.807, 2.05) is 36.4 Å². The molecule has 25 heavy (non-hydrogen) atoms. The standard InChI is InChI=1S/C20H15ClO4/c1-23-14-6-7-15-16(11-20(22)25-19(15)10-14)18-9-8-17(24-18)12-2-4-13(21)5-3-12/h2,4,6-11H,3,5H2,1H3. The van der Waals surface area contributed by atoms with Gasteiger partial charge in [-0.2, -0.15) is 0 Å². The van der Waals surface area contributed by atoms with Crippen LogP contribution in [0.4, 0.5) is 0 Å². The van der Waals surface area contributed by atoms with Crippen LogP contribution >= 0.6 is 11.6 Å². The van der Waals surface area contributed by atoms with Crippen LogP contribution in [0.2, 0.25) is 0 Å². The summed E-state index contributed by atoms with van der Waals surface area (Å²) >= 11 is 6.01. The Morgan fingerprint density at radius 2 is 1.84 bits per heavy atom. The van der Waals surface area contributed by atoms with Gasteiger partial charge in [0, 0.05) is 28.1 Å². The summed E-state index contributed by atoms with van der Waals surface area (Å²) in [6, 6.07) is 10.6. The van der Waals surface area contributed by atoms with E-state index in [4.69, 9.17) is 25.2 Å². The van der Waals surface area contributed by atoms with Gasteiger partial charge in [0.2, 0.25) is 0 Å². The monoisotopic (exact) mass is 354 g/mol. The third kappa shape index (κ3) is 3.01. The summed E-state index contributed by atoms with van der Waals surface area (Å²) in [5.41, 5.74) is 1.82. The lowest BCUT2D eigenvalue weighted by atomic mass is 10.0. The molecule has 3 aromatic rings. The smallest absolute Gasteiger partial charge is 0.336 e. The van der Waals surface area contributed by atoms with E-state index >= 15 is 0 Å². The molecule has 0 saturated carbocycles. The van der Waals surface area contributed by atoms with Gasteiger partial charge in [-0.25, -0.2) is 4.79 Å². The summed E-state index contributed by atoms with van der Waals surface area (Å²) < 4.78 is 16.5. The van der Waals surface area contributed by atoms with Crippen LogP contribution in [-0.4, -0.2) is 7.11 Å². The second-order valence-electron chi connectivity index (χ2n) is 5.81. The van der Waals surface area contributed by atoms with E-state index in [1.165, 1.54) is 6.07 Å². The number of hydrogen-bond acceptors (Lipinski definition) is 4. The van der Waals surface area contributed by atoms with Crippen LogP contribution in [0.5, 0.6) is 5.75 Å². The van der Waals surface area contributed by atoms with Gasteiger partial charge < -0.3 is 13.6 Å². The molecule has 1 aliphatic rings. The van der Waals surface area contributed by atoms with Crippen LogP contribution in [0.25, 0.3) is 27.9 Å². The lowest BCUT2D eigenvalue weighted by molar-refractivity contribution is 0.414. The van der Waals surface area contributed by atoms with Crippen LogP contribution in [0.1, 0.15) is 18.6 Å². The number of furan rings is 1. The van der Waals surface area contributed by atoms with E-state index in [2.05, 4.69) is 0 Å². The molecule has 0 bridgehead atoms. The van der Waals surface area contributed by atoms with Crippen molar-refractivity contribution in [1.29, 1.82) is 0 Å². The molecule has 1 aliphatic carbocycles. The van der Waals surface area contributed by atoms with Gasteiger partial charge in [-0.1, -0.05) is 17.7 Å². The molecule has 1 aromatic carbocycles. The van der Waals surface area contributed by atoms with Crippen molar-refractivity contribution in [2.24, 2.45) is 0 Å². The van der Waals surface area contributed by atoms with E-state index in [1.54, 1.807) is 13.2 Å². The van der Waals surface area contributed by atoms with Crippen molar-refractivity contribution in [1.82, 2.24) is 0 Å². The van der Waals surface area contributed by atoms with Gasteiger partial charge in [-0.3, -0.25) is 0 Å². The molecule has 0 amide bonds. The van der Waals surface area contributed by atoms with Crippen molar-refractivity contribution < 1.29 is 13.6 Å². The minimum absolute atomic E-state index is 0.430. The van der Waals surface area contributed by atoms with E-state index in [0.717, 1.165) is 34.6 Å². The van der Waals surface area contributed by atoms with Crippen LogP contribution in [0.3, 0.4) is 0 Å². The quantitative estimate of drug-likeness (QED) is 0.594. The topological polar surface area (TPSA) is 52.6 Å². The van der Waals surface area contributed by atoms with E-state index in [0.29, 0.717) is 22.7 Å². The molecule has 126 valence electrons. The zero-order valence-electron chi connectivity index (χ0n) is 13.5. The average molecular weight is 355 g/mol. The first-order chi connectivity index (χ1) is 12.1. The Balaban J connectivity index is 1.81. The fourth-order valence-electron chi connectivity index (χ4n) is 2.95. The first kappa shape index (κ1) is 15.8. The molecule has 2 heterocycles. The number of allylic oxidation sites excluding steroid dienone is 4. The Labute approximate surface area is 149 Å². The zero-order valence-corrected chi connectivity index (χ0v) is 14.3. The third-order valence-corrected chi connectivity index (χ3v) is 4.55. The highest BCUT2D eigenvalue weighted by Gasteiger charge is 2.15. The fourth-order valence-corrected chi connectivity index (χ4v) is 3.10. The van der Waals surface area contributed by atoms with Crippen LogP contribution < -0.4 is 10.4 Å². The summed E-state index contributed by atoms with van der Waals surface area (Å²) in [7, 11) is 1.57. The Morgan fingerprint density at radius 1 is 1.00 bits per heavy atom.